The Hall–Kier alpha value is -2.66. The lowest BCUT2D eigenvalue weighted by molar-refractivity contribution is 0.0982. The van der Waals surface area contributed by atoms with E-state index in [2.05, 4.69) is 15.3 Å². The molecule has 0 aliphatic heterocycles. The first-order chi connectivity index (χ1) is 12.7. The third-order valence-electron chi connectivity index (χ3n) is 3.75. The van der Waals surface area contributed by atoms with Crippen LogP contribution in [0.2, 0.25) is 0 Å². The van der Waals surface area contributed by atoms with Gasteiger partial charge in [0.15, 0.2) is 10.9 Å². The number of Topliss-reactive ketones (excluding diaryl/α,β-unsaturated/α-hetero) is 1. The molecule has 1 heterocycles. The van der Waals surface area contributed by atoms with Gasteiger partial charge in [0.2, 0.25) is 0 Å². The van der Waals surface area contributed by atoms with E-state index in [1.165, 1.54) is 0 Å². The molecule has 0 bridgehead atoms. The predicted molar refractivity (Wildman–Crippen MR) is 107 cm³/mol. The number of anilines is 2. The zero-order valence-corrected chi connectivity index (χ0v) is 15.5. The maximum Gasteiger partial charge on any atom is 0.189 e. The van der Waals surface area contributed by atoms with E-state index in [0.717, 1.165) is 40.1 Å². The van der Waals surface area contributed by atoms with Gasteiger partial charge in [0.1, 0.15) is 5.82 Å². The lowest BCUT2D eigenvalue weighted by Crippen LogP contribution is -2.01. The van der Waals surface area contributed by atoms with E-state index in [4.69, 9.17) is 0 Å². The van der Waals surface area contributed by atoms with Crippen molar-refractivity contribution < 1.29 is 4.79 Å². The summed E-state index contributed by atoms with van der Waals surface area (Å²) in [6, 6.07) is 21.3. The number of hydrogen-bond acceptors (Lipinski definition) is 5. The van der Waals surface area contributed by atoms with Crippen molar-refractivity contribution >= 4 is 29.1 Å². The van der Waals surface area contributed by atoms with E-state index in [0.29, 0.717) is 6.42 Å². The molecule has 26 heavy (non-hydrogen) atoms. The van der Waals surface area contributed by atoms with Crippen molar-refractivity contribution in [3.05, 3.63) is 78.0 Å². The largest absolute Gasteiger partial charge is 0.340 e. The predicted octanol–water partition coefficient (Wildman–Crippen LogP) is 5.28. The summed E-state index contributed by atoms with van der Waals surface area (Å²) in [6.07, 6.45) is 1.34. The van der Waals surface area contributed by atoms with Crippen LogP contribution in [0.15, 0.2) is 71.9 Å². The molecule has 2 aromatic carbocycles. The maximum atomic E-state index is 12.1. The van der Waals surface area contributed by atoms with Gasteiger partial charge in [-0.05, 0) is 25.5 Å². The second kappa shape index (κ2) is 9.15. The number of ketones is 1. The number of carbonyl (C=O) groups excluding carboxylic acids is 1. The number of carbonyl (C=O) groups is 1. The van der Waals surface area contributed by atoms with Crippen LogP contribution in [0.3, 0.4) is 0 Å². The van der Waals surface area contributed by atoms with Gasteiger partial charge >= 0.3 is 0 Å². The van der Waals surface area contributed by atoms with Gasteiger partial charge in [-0.3, -0.25) is 4.79 Å². The summed E-state index contributed by atoms with van der Waals surface area (Å²) in [7, 11) is 0. The molecule has 4 nitrogen and oxygen atoms in total. The van der Waals surface area contributed by atoms with Gasteiger partial charge in [-0.2, -0.15) is 0 Å². The van der Waals surface area contributed by atoms with Crippen LogP contribution in [0.5, 0.6) is 0 Å². The van der Waals surface area contributed by atoms with Crippen molar-refractivity contribution in [2.24, 2.45) is 0 Å². The van der Waals surface area contributed by atoms with Crippen LogP contribution < -0.4 is 5.32 Å². The number of benzene rings is 2. The molecule has 132 valence electrons. The SMILES string of the molecule is Cc1cc(Nc2ccccc2)nc(SCCCC(=O)c2ccccc2)n1. The van der Waals surface area contributed by atoms with E-state index < -0.39 is 0 Å². The summed E-state index contributed by atoms with van der Waals surface area (Å²) < 4.78 is 0. The summed E-state index contributed by atoms with van der Waals surface area (Å²) in [5.41, 5.74) is 2.69. The Morgan fingerprint density at radius 3 is 2.42 bits per heavy atom. The Bertz CT molecular complexity index is 854. The van der Waals surface area contributed by atoms with Crippen LogP contribution in [-0.4, -0.2) is 21.5 Å². The number of hydrogen-bond donors (Lipinski definition) is 1. The first-order valence-corrected chi connectivity index (χ1v) is 9.58. The Morgan fingerprint density at radius 2 is 1.69 bits per heavy atom. The second-order valence-electron chi connectivity index (χ2n) is 5.91. The van der Waals surface area contributed by atoms with Gasteiger partial charge in [-0.1, -0.05) is 60.3 Å². The summed E-state index contributed by atoms with van der Waals surface area (Å²) in [5, 5.41) is 4.03. The van der Waals surface area contributed by atoms with Crippen LogP contribution >= 0.6 is 11.8 Å². The van der Waals surface area contributed by atoms with Crippen LogP contribution in [0.4, 0.5) is 11.5 Å². The van der Waals surface area contributed by atoms with Crippen molar-refractivity contribution in [2.45, 2.75) is 24.9 Å². The summed E-state index contributed by atoms with van der Waals surface area (Å²) >= 11 is 1.58. The molecule has 0 radical (unpaired) electrons. The Kier molecular flexibility index (Phi) is 6.39. The van der Waals surface area contributed by atoms with Gasteiger partial charge in [0.25, 0.3) is 0 Å². The fraction of sp³-hybridized carbons (Fsp3) is 0.190. The molecule has 0 amide bonds. The number of nitrogens with zero attached hydrogens (tertiary/aromatic N) is 2. The Morgan fingerprint density at radius 1 is 1.00 bits per heavy atom. The number of rotatable bonds is 8. The average Bonchev–Trinajstić information content (AvgIpc) is 2.66. The smallest absolute Gasteiger partial charge is 0.189 e. The molecule has 0 aliphatic carbocycles. The molecular formula is C21H21N3OS. The lowest BCUT2D eigenvalue weighted by Gasteiger charge is -2.08. The number of aryl methyl sites for hydroxylation is 1. The highest BCUT2D eigenvalue weighted by molar-refractivity contribution is 7.99. The van der Waals surface area contributed by atoms with Crippen LogP contribution in [0, 0.1) is 6.92 Å². The van der Waals surface area contributed by atoms with Crippen molar-refractivity contribution in [3.63, 3.8) is 0 Å². The van der Waals surface area contributed by atoms with Gasteiger partial charge in [0, 0.05) is 35.2 Å². The molecular weight excluding hydrogens is 342 g/mol. The van der Waals surface area contributed by atoms with Crippen LogP contribution in [0.25, 0.3) is 0 Å². The topological polar surface area (TPSA) is 54.9 Å². The zero-order chi connectivity index (χ0) is 18.2. The highest BCUT2D eigenvalue weighted by atomic mass is 32.2. The molecule has 0 aliphatic rings. The monoisotopic (exact) mass is 363 g/mol. The number of thioether (sulfide) groups is 1. The molecule has 0 saturated heterocycles. The average molecular weight is 363 g/mol. The van der Waals surface area contributed by atoms with Crippen molar-refractivity contribution in [1.29, 1.82) is 0 Å². The minimum absolute atomic E-state index is 0.183. The summed E-state index contributed by atoms with van der Waals surface area (Å²) in [5.74, 6) is 1.78. The second-order valence-corrected chi connectivity index (χ2v) is 6.97. The fourth-order valence-electron chi connectivity index (χ4n) is 2.50. The van der Waals surface area contributed by atoms with Gasteiger partial charge < -0.3 is 5.32 Å². The third-order valence-corrected chi connectivity index (χ3v) is 4.69. The minimum Gasteiger partial charge on any atom is -0.340 e. The summed E-state index contributed by atoms with van der Waals surface area (Å²) in [4.78, 5) is 21.2. The first-order valence-electron chi connectivity index (χ1n) is 8.59. The number of para-hydroxylation sites is 1. The standard InChI is InChI=1S/C21H21N3OS/c1-16-15-20(23-18-11-6-3-7-12-18)24-21(22-16)26-14-8-13-19(25)17-9-4-2-5-10-17/h2-7,9-12,15H,8,13-14H2,1H3,(H,22,23,24). The number of aromatic nitrogens is 2. The zero-order valence-electron chi connectivity index (χ0n) is 14.7. The van der Waals surface area contributed by atoms with E-state index >= 15 is 0 Å². The molecule has 0 spiro atoms. The van der Waals surface area contributed by atoms with Gasteiger partial charge in [0.05, 0.1) is 0 Å². The maximum absolute atomic E-state index is 12.1. The minimum atomic E-state index is 0.183. The van der Waals surface area contributed by atoms with Gasteiger partial charge in [-0.25, -0.2) is 9.97 Å². The van der Waals surface area contributed by atoms with Crippen molar-refractivity contribution in [2.75, 3.05) is 11.1 Å². The van der Waals surface area contributed by atoms with E-state index in [1.807, 2.05) is 73.7 Å². The van der Waals surface area contributed by atoms with E-state index in [1.54, 1.807) is 11.8 Å². The molecule has 1 aromatic heterocycles. The van der Waals surface area contributed by atoms with E-state index in [-0.39, 0.29) is 5.78 Å². The quantitative estimate of drug-likeness (QED) is 0.255. The normalized spacial score (nSPS) is 10.5. The molecule has 3 aromatic rings. The van der Waals surface area contributed by atoms with Crippen LogP contribution in [-0.2, 0) is 0 Å². The highest BCUT2D eigenvalue weighted by Crippen LogP contribution is 2.21. The highest BCUT2D eigenvalue weighted by Gasteiger charge is 2.07. The molecule has 0 unspecified atom stereocenters. The lowest BCUT2D eigenvalue weighted by atomic mass is 10.1. The first kappa shape index (κ1) is 18.1. The third kappa shape index (κ3) is 5.43. The van der Waals surface area contributed by atoms with E-state index in [9.17, 15) is 4.79 Å². The molecule has 0 saturated carbocycles. The van der Waals surface area contributed by atoms with Gasteiger partial charge in [-0.15, -0.1) is 0 Å². The molecule has 5 heteroatoms. The Labute approximate surface area is 158 Å². The molecule has 3 rings (SSSR count). The number of nitrogens with one attached hydrogen (secondary N) is 1. The van der Waals surface area contributed by atoms with Crippen LogP contribution in [0.1, 0.15) is 28.9 Å². The molecule has 1 N–H and O–H groups in total. The van der Waals surface area contributed by atoms with Crippen molar-refractivity contribution in [3.8, 4) is 0 Å². The van der Waals surface area contributed by atoms with Crippen molar-refractivity contribution in [1.82, 2.24) is 9.97 Å². The molecule has 0 atom stereocenters. The summed E-state index contributed by atoms with van der Waals surface area (Å²) in [6.45, 7) is 1.96. The fourth-order valence-corrected chi connectivity index (χ4v) is 3.35. The Balaban J connectivity index is 1.52. The molecule has 0 fully saturated rings.